The van der Waals surface area contributed by atoms with Crippen LogP contribution in [-0.2, 0) is 5.75 Å². The molecule has 2 rings (SSSR count). The molecule has 72 valence electrons. The van der Waals surface area contributed by atoms with Gasteiger partial charge >= 0.3 is 0 Å². The Bertz CT molecular complexity index is 399. The summed E-state index contributed by atoms with van der Waals surface area (Å²) >= 11 is 5.52. The summed E-state index contributed by atoms with van der Waals surface area (Å²) in [5, 5.41) is 1.02. The summed E-state index contributed by atoms with van der Waals surface area (Å²) in [5.41, 5.74) is 1.07. The van der Waals surface area contributed by atoms with Crippen molar-refractivity contribution in [3.05, 3.63) is 35.3 Å². The first kappa shape index (κ1) is 10.0. The van der Waals surface area contributed by atoms with Crippen LogP contribution in [0.3, 0.4) is 0 Å². The molecule has 0 saturated heterocycles. The van der Waals surface area contributed by atoms with E-state index in [2.05, 4.69) is 21.0 Å². The highest BCUT2D eigenvalue weighted by atomic mass is 33.1. The molecule has 2 nitrogen and oxygen atoms in total. The van der Waals surface area contributed by atoms with E-state index in [9.17, 15) is 0 Å². The molecule has 0 N–H and O–H groups in total. The average molecular weight is 240 g/mol. The van der Waals surface area contributed by atoms with Crippen molar-refractivity contribution in [3.63, 3.8) is 0 Å². The lowest BCUT2D eigenvalue weighted by Crippen LogP contribution is -1.80. The van der Waals surface area contributed by atoms with E-state index >= 15 is 0 Å². The normalized spacial score (nSPS) is 10.4. The molecule has 0 bridgehead atoms. The van der Waals surface area contributed by atoms with Gasteiger partial charge in [-0.25, -0.2) is 4.98 Å². The number of hydrogen-bond donors (Lipinski definition) is 1. The van der Waals surface area contributed by atoms with Crippen LogP contribution in [0.25, 0.3) is 11.4 Å². The fourth-order valence-corrected chi connectivity index (χ4v) is 2.73. The van der Waals surface area contributed by atoms with Crippen LogP contribution in [0.15, 0.2) is 30.3 Å². The van der Waals surface area contributed by atoms with E-state index in [0.29, 0.717) is 0 Å². The number of benzene rings is 1. The molecule has 5 heteroatoms. The van der Waals surface area contributed by atoms with Crippen molar-refractivity contribution in [2.24, 2.45) is 0 Å². The Morgan fingerprint density at radius 1 is 1.29 bits per heavy atom. The zero-order valence-corrected chi connectivity index (χ0v) is 9.78. The Morgan fingerprint density at radius 2 is 2.07 bits per heavy atom. The van der Waals surface area contributed by atoms with Gasteiger partial charge in [0.1, 0.15) is 5.01 Å². The Hall–Kier alpha value is -0.520. The summed E-state index contributed by atoms with van der Waals surface area (Å²) in [5.74, 6) is 1.63. The van der Waals surface area contributed by atoms with E-state index < -0.39 is 0 Å². The molecule has 0 spiro atoms. The zero-order chi connectivity index (χ0) is 9.80. The minimum Gasteiger partial charge on any atom is -0.219 e. The predicted molar refractivity (Wildman–Crippen MR) is 65.6 cm³/mol. The molecule has 0 fully saturated rings. The second-order valence-electron chi connectivity index (χ2n) is 2.65. The minimum atomic E-state index is 0.813. The largest absolute Gasteiger partial charge is 0.219 e. The highest BCUT2D eigenvalue weighted by Gasteiger charge is 2.04. The van der Waals surface area contributed by atoms with Gasteiger partial charge in [0, 0.05) is 5.56 Å². The summed E-state index contributed by atoms with van der Waals surface area (Å²) < 4.78 is 4.29. The fraction of sp³-hybridized carbons (Fsp3) is 0.111. The monoisotopic (exact) mass is 240 g/mol. The smallest absolute Gasteiger partial charge is 0.173 e. The molecule has 0 radical (unpaired) electrons. The molecule has 14 heavy (non-hydrogen) atoms. The highest BCUT2D eigenvalue weighted by Crippen LogP contribution is 2.21. The van der Waals surface area contributed by atoms with Gasteiger partial charge in [0.05, 0.1) is 5.75 Å². The van der Waals surface area contributed by atoms with E-state index in [0.717, 1.165) is 22.1 Å². The first-order valence-electron chi connectivity index (χ1n) is 4.04. The maximum absolute atomic E-state index is 4.41. The molecule has 0 aliphatic carbocycles. The minimum absolute atomic E-state index is 0.813. The average Bonchev–Trinajstić information content (AvgIpc) is 2.68. The number of aromatic nitrogens is 2. The summed E-state index contributed by atoms with van der Waals surface area (Å²) in [6.45, 7) is 0. The van der Waals surface area contributed by atoms with Crippen molar-refractivity contribution in [3.8, 4) is 11.4 Å². The molecular formula is C9H8N2S3. The van der Waals surface area contributed by atoms with E-state index in [1.54, 1.807) is 0 Å². The third kappa shape index (κ3) is 2.29. The molecule has 1 aromatic carbocycles. The quantitative estimate of drug-likeness (QED) is 0.658. The van der Waals surface area contributed by atoms with E-state index in [1.165, 1.54) is 22.3 Å². The van der Waals surface area contributed by atoms with Crippen LogP contribution >= 0.6 is 34.0 Å². The molecular weight excluding hydrogens is 232 g/mol. The lowest BCUT2D eigenvalue weighted by atomic mass is 10.2. The Labute approximate surface area is 95.8 Å². The van der Waals surface area contributed by atoms with E-state index in [4.69, 9.17) is 0 Å². The van der Waals surface area contributed by atoms with Crippen LogP contribution in [0.5, 0.6) is 0 Å². The van der Waals surface area contributed by atoms with Crippen LogP contribution in [0.2, 0.25) is 0 Å². The van der Waals surface area contributed by atoms with Crippen molar-refractivity contribution in [2.75, 3.05) is 0 Å². The lowest BCUT2D eigenvalue weighted by Gasteiger charge is -1.91. The van der Waals surface area contributed by atoms with E-state index in [-0.39, 0.29) is 0 Å². The van der Waals surface area contributed by atoms with Crippen molar-refractivity contribution in [1.82, 2.24) is 9.36 Å². The fourth-order valence-electron chi connectivity index (χ4n) is 1.07. The number of hydrogen-bond acceptors (Lipinski definition) is 5. The SMILES string of the molecule is SSCc1nc(-c2ccccc2)ns1. The van der Waals surface area contributed by atoms with Crippen LogP contribution in [-0.4, -0.2) is 9.36 Å². The second-order valence-corrected chi connectivity index (χ2v) is 4.81. The third-order valence-electron chi connectivity index (χ3n) is 1.69. The van der Waals surface area contributed by atoms with Crippen molar-refractivity contribution >= 4 is 34.0 Å². The summed E-state index contributed by atoms with van der Waals surface area (Å²) in [6.07, 6.45) is 0. The summed E-state index contributed by atoms with van der Waals surface area (Å²) in [6, 6.07) is 9.99. The maximum Gasteiger partial charge on any atom is 0.173 e. The summed E-state index contributed by atoms with van der Waals surface area (Å²) in [7, 11) is 1.47. The molecule has 2 aromatic rings. The van der Waals surface area contributed by atoms with Crippen LogP contribution < -0.4 is 0 Å². The van der Waals surface area contributed by atoms with Crippen molar-refractivity contribution < 1.29 is 0 Å². The first-order chi connectivity index (χ1) is 6.90. The Kier molecular flexibility index (Phi) is 3.44. The van der Waals surface area contributed by atoms with Crippen LogP contribution in [0.1, 0.15) is 5.01 Å². The molecule has 1 heterocycles. The standard InChI is InChI=1S/C9H8N2S3/c12-13-6-8-10-9(11-14-8)7-4-2-1-3-5-7/h1-5,12H,6H2. The van der Waals surface area contributed by atoms with Gasteiger partial charge in [-0.1, -0.05) is 41.1 Å². The van der Waals surface area contributed by atoms with Crippen molar-refractivity contribution in [2.45, 2.75) is 5.75 Å². The van der Waals surface area contributed by atoms with Crippen LogP contribution in [0.4, 0.5) is 0 Å². The van der Waals surface area contributed by atoms with Crippen LogP contribution in [0, 0.1) is 0 Å². The zero-order valence-electron chi connectivity index (χ0n) is 7.25. The lowest BCUT2D eigenvalue weighted by molar-refractivity contribution is 1.24. The second kappa shape index (κ2) is 4.82. The Balaban J connectivity index is 2.25. The number of rotatable bonds is 3. The van der Waals surface area contributed by atoms with Gasteiger partial charge in [-0.2, -0.15) is 4.37 Å². The number of nitrogens with zero attached hydrogens (tertiary/aromatic N) is 2. The summed E-state index contributed by atoms with van der Waals surface area (Å²) in [4.78, 5) is 4.41. The molecule has 0 aliphatic rings. The van der Waals surface area contributed by atoms with Gasteiger partial charge in [0.2, 0.25) is 0 Å². The van der Waals surface area contributed by atoms with Gasteiger partial charge in [-0.15, -0.1) is 11.7 Å². The number of thiol groups is 1. The Morgan fingerprint density at radius 3 is 2.79 bits per heavy atom. The molecule has 0 saturated carbocycles. The molecule has 0 aliphatic heterocycles. The third-order valence-corrected chi connectivity index (χ3v) is 3.37. The topological polar surface area (TPSA) is 25.8 Å². The predicted octanol–water partition coefficient (Wildman–Crippen LogP) is 3.28. The van der Waals surface area contributed by atoms with E-state index in [1.807, 2.05) is 30.3 Å². The first-order valence-corrected chi connectivity index (χ1v) is 6.85. The molecule has 0 atom stereocenters. The molecule has 0 amide bonds. The van der Waals surface area contributed by atoms with Crippen molar-refractivity contribution in [1.29, 1.82) is 0 Å². The van der Waals surface area contributed by atoms with Gasteiger partial charge < -0.3 is 0 Å². The molecule has 1 aromatic heterocycles. The van der Waals surface area contributed by atoms with Gasteiger partial charge in [-0.3, -0.25) is 0 Å². The van der Waals surface area contributed by atoms with Gasteiger partial charge in [0.15, 0.2) is 5.82 Å². The molecule has 0 unspecified atom stereocenters. The van der Waals surface area contributed by atoms with Gasteiger partial charge in [0.25, 0.3) is 0 Å². The highest BCUT2D eigenvalue weighted by molar-refractivity contribution is 8.68. The maximum atomic E-state index is 4.41. The van der Waals surface area contributed by atoms with Gasteiger partial charge in [-0.05, 0) is 11.5 Å².